The zero-order chi connectivity index (χ0) is 10.4. The van der Waals surface area contributed by atoms with Crippen molar-refractivity contribution in [2.45, 2.75) is 19.8 Å². The van der Waals surface area contributed by atoms with Crippen LogP contribution in [0.1, 0.15) is 19.8 Å². The second-order valence-electron chi connectivity index (χ2n) is 3.52. The quantitative estimate of drug-likeness (QED) is 0.565. The van der Waals surface area contributed by atoms with Gasteiger partial charge in [-0.2, -0.15) is 0 Å². The number of esters is 1. The lowest BCUT2D eigenvalue weighted by atomic mass is 10.4. The van der Waals surface area contributed by atoms with E-state index in [1.165, 1.54) is 0 Å². The number of carbonyl (C=O) groups is 1. The second-order valence-corrected chi connectivity index (χ2v) is 3.52. The third-order valence-electron chi connectivity index (χ3n) is 2.03. The lowest BCUT2D eigenvalue weighted by Gasteiger charge is -2.16. The van der Waals surface area contributed by atoms with Gasteiger partial charge in [0.05, 0.1) is 13.3 Å². The summed E-state index contributed by atoms with van der Waals surface area (Å²) >= 11 is 0. The summed E-state index contributed by atoms with van der Waals surface area (Å²) in [6, 6.07) is 0. The van der Waals surface area contributed by atoms with Gasteiger partial charge in [0.2, 0.25) is 0 Å². The highest BCUT2D eigenvalue weighted by Crippen LogP contribution is 2.03. The van der Waals surface area contributed by atoms with Crippen molar-refractivity contribution in [1.29, 1.82) is 0 Å². The summed E-state index contributed by atoms with van der Waals surface area (Å²) in [5.41, 5.74) is 0. The van der Waals surface area contributed by atoms with Crippen LogP contribution in [0.2, 0.25) is 0 Å². The average molecular weight is 279 g/mol. The number of hydrogen-bond acceptors (Lipinski definition) is 4. The highest BCUT2D eigenvalue weighted by atomic mass is 79.9. The zero-order valence-corrected chi connectivity index (χ0v) is 11.0. The Labute approximate surface area is 102 Å². The van der Waals surface area contributed by atoms with E-state index >= 15 is 0 Å². The first kappa shape index (κ1) is 14.3. The van der Waals surface area contributed by atoms with Crippen LogP contribution in [0.5, 0.6) is 0 Å². The van der Waals surface area contributed by atoms with Gasteiger partial charge in [0.25, 0.3) is 0 Å². The van der Waals surface area contributed by atoms with Crippen molar-refractivity contribution in [1.82, 2.24) is 9.80 Å². The van der Waals surface area contributed by atoms with Crippen molar-refractivity contribution in [3.8, 4) is 0 Å². The molecule has 0 unspecified atom stereocenters. The van der Waals surface area contributed by atoms with E-state index in [4.69, 9.17) is 4.74 Å². The van der Waals surface area contributed by atoms with Crippen molar-refractivity contribution in [2.75, 3.05) is 26.9 Å². The molecule has 15 heavy (non-hydrogen) atoms. The van der Waals surface area contributed by atoms with E-state index in [2.05, 4.69) is 6.92 Å². The molecule has 1 rings (SSSR count). The van der Waals surface area contributed by atoms with Gasteiger partial charge in [0.1, 0.15) is 6.54 Å². The third kappa shape index (κ3) is 5.67. The third-order valence-corrected chi connectivity index (χ3v) is 2.03. The van der Waals surface area contributed by atoms with E-state index in [0.29, 0.717) is 13.2 Å². The largest absolute Gasteiger partial charge is 0.464 e. The van der Waals surface area contributed by atoms with Gasteiger partial charge in [-0.1, -0.05) is 13.3 Å². The number of nitrogens with zero attached hydrogens (tertiary/aromatic N) is 2. The lowest BCUT2D eigenvalue weighted by molar-refractivity contribution is -0.144. The van der Waals surface area contributed by atoms with Crippen LogP contribution in [0.4, 0.5) is 0 Å². The summed E-state index contributed by atoms with van der Waals surface area (Å²) in [7, 11) is 1.97. The van der Waals surface area contributed by atoms with Gasteiger partial charge in [-0.05, 0) is 6.42 Å². The second kappa shape index (κ2) is 7.56. The van der Waals surface area contributed by atoms with E-state index in [1.807, 2.05) is 29.2 Å². The summed E-state index contributed by atoms with van der Waals surface area (Å²) in [6.07, 6.45) is 5.85. The first-order valence-electron chi connectivity index (χ1n) is 5.00. The molecule has 0 N–H and O–H groups in total. The fraction of sp³-hybridized carbons (Fsp3) is 0.700. The van der Waals surface area contributed by atoms with Crippen molar-refractivity contribution < 1.29 is 9.53 Å². The van der Waals surface area contributed by atoms with Crippen molar-refractivity contribution in [3.63, 3.8) is 0 Å². The zero-order valence-electron chi connectivity index (χ0n) is 9.31. The monoisotopic (exact) mass is 278 g/mol. The summed E-state index contributed by atoms with van der Waals surface area (Å²) in [4.78, 5) is 15.2. The molecular weight excluding hydrogens is 260 g/mol. The predicted octanol–water partition coefficient (Wildman–Crippen LogP) is 1.58. The first-order chi connectivity index (χ1) is 6.72. The van der Waals surface area contributed by atoms with Crippen molar-refractivity contribution in [3.05, 3.63) is 12.4 Å². The molecule has 0 saturated carbocycles. The number of halogens is 1. The van der Waals surface area contributed by atoms with E-state index in [0.717, 1.165) is 19.5 Å². The molecule has 1 heterocycles. The molecule has 5 heteroatoms. The number of rotatable bonds is 5. The van der Waals surface area contributed by atoms with Gasteiger partial charge >= 0.3 is 5.97 Å². The summed E-state index contributed by atoms with van der Waals surface area (Å²) in [5.74, 6) is -0.140. The Morgan fingerprint density at radius 1 is 1.47 bits per heavy atom. The minimum Gasteiger partial charge on any atom is -0.464 e. The maximum Gasteiger partial charge on any atom is 0.325 e. The SMILES string of the molecule is Br.CCCCOC(=O)CN1C=CN(C)C1. The Kier molecular flexibility index (Phi) is 7.21. The number of carbonyl (C=O) groups excluding carboxylic acids is 1. The molecule has 88 valence electrons. The molecule has 0 aliphatic carbocycles. The normalized spacial score (nSPS) is 14.0. The van der Waals surface area contributed by atoms with Gasteiger partial charge in [-0.15, -0.1) is 17.0 Å². The molecule has 0 radical (unpaired) electrons. The fourth-order valence-corrected chi connectivity index (χ4v) is 1.23. The molecule has 4 nitrogen and oxygen atoms in total. The smallest absolute Gasteiger partial charge is 0.325 e. The molecule has 0 atom stereocenters. The van der Waals surface area contributed by atoms with Crippen LogP contribution in [-0.4, -0.2) is 42.6 Å². The van der Waals surface area contributed by atoms with E-state index in [9.17, 15) is 4.79 Å². The molecule has 0 spiro atoms. The number of hydrogen-bond donors (Lipinski definition) is 0. The predicted molar refractivity (Wildman–Crippen MR) is 64.7 cm³/mol. The lowest BCUT2D eigenvalue weighted by Crippen LogP contribution is -2.29. The van der Waals surface area contributed by atoms with Crippen LogP contribution < -0.4 is 0 Å². The van der Waals surface area contributed by atoms with Gasteiger partial charge in [-0.25, -0.2) is 0 Å². The summed E-state index contributed by atoms with van der Waals surface area (Å²) < 4.78 is 5.05. The van der Waals surface area contributed by atoms with Crippen LogP contribution in [0.25, 0.3) is 0 Å². The first-order valence-corrected chi connectivity index (χ1v) is 5.00. The molecule has 0 aromatic carbocycles. The van der Waals surface area contributed by atoms with Crippen molar-refractivity contribution in [2.24, 2.45) is 0 Å². The maximum atomic E-state index is 11.3. The Bertz CT molecular complexity index is 221. The number of ether oxygens (including phenoxy) is 1. The van der Waals surface area contributed by atoms with Crippen molar-refractivity contribution >= 4 is 23.0 Å². The van der Waals surface area contributed by atoms with Crippen LogP contribution in [0.15, 0.2) is 12.4 Å². The Balaban J connectivity index is 0.00000196. The van der Waals surface area contributed by atoms with E-state index in [-0.39, 0.29) is 23.0 Å². The molecule has 0 bridgehead atoms. The van der Waals surface area contributed by atoms with Crippen LogP contribution >= 0.6 is 17.0 Å². The highest BCUT2D eigenvalue weighted by molar-refractivity contribution is 8.93. The maximum absolute atomic E-state index is 11.3. The Hall–Kier alpha value is -0.710. The number of unbranched alkanes of at least 4 members (excludes halogenated alkanes) is 1. The topological polar surface area (TPSA) is 32.8 Å². The van der Waals surface area contributed by atoms with Gasteiger partial charge in [0.15, 0.2) is 0 Å². The standard InChI is InChI=1S/C10H18N2O2.BrH/c1-3-4-7-14-10(13)8-12-6-5-11(2)9-12;/h5-6H,3-4,7-9H2,1-2H3;1H. The molecule has 1 aliphatic rings. The minimum absolute atomic E-state index is 0. The molecule has 0 aromatic heterocycles. The Morgan fingerprint density at radius 2 is 2.20 bits per heavy atom. The fourth-order valence-electron chi connectivity index (χ4n) is 1.23. The molecule has 0 amide bonds. The summed E-state index contributed by atoms with van der Waals surface area (Å²) in [6.45, 7) is 3.74. The van der Waals surface area contributed by atoms with Crippen LogP contribution in [0.3, 0.4) is 0 Å². The summed E-state index contributed by atoms with van der Waals surface area (Å²) in [5, 5.41) is 0. The molecule has 1 aliphatic heterocycles. The molecule has 0 aromatic rings. The molecule has 0 saturated heterocycles. The van der Waals surface area contributed by atoms with Gasteiger partial charge in [-0.3, -0.25) is 4.79 Å². The molecule has 0 fully saturated rings. The van der Waals surface area contributed by atoms with Gasteiger partial charge < -0.3 is 14.5 Å². The minimum atomic E-state index is -0.140. The van der Waals surface area contributed by atoms with Crippen LogP contribution in [0, 0.1) is 0 Å². The van der Waals surface area contributed by atoms with E-state index in [1.54, 1.807) is 0 Å². The van der Waals surface area contributed by atoms with E-state index < -0.39 is 0 Å². The Morgan fingerprint density at radius 3 is 2.73 bits per heavy atom. The average Bonchev–Trinajstić information content (AvgIpc) is 2.52. The van der Waals surface area contributed by atoms with Crippen LogP contribution in [-0.2, 0) is 9.53 Å². The highest BCUT2D eigenvalue weighted by Gasteiger charge is 2.12. The van der Waals surface area contributed by atoms with Gasteiger partial charge in [0, 0.05) is 19.4 Å². The molecular formula is C10H19BrN2O2.